The summed E-state index contributed by atoms with van der Waals surface area (Å²) in [5.74, 6) is -2.25. The Bertz CT molecular complexity index is 838. The van der Waals surface area contributed by atoms with Gasteiger partial charge in [-0.3, -0.25) is 9.59 Å². The maximum absolute atomic E-state index is 12.5. The number of aromatic hydroxyl groups is 3. The van der Waals surface area contributed by atoms with Gasteiger partial charge >= 0.3 is 0 Å². The van der Waals surface area contributed by atoms with Gasteiger partial charge in [0.2, 0.25) is 0 Å². The minimum atomic E-state index is -0.652. The maximum atomic E-state index is 12.5. The van der Waals surface area contributed by atoms with Crippen LogP contribution in [0.2, 0.25) is 0 Å². The number of hydrogen-bond acceptors (Lipinski definition) is 5. The lowest BCUT2D eigenvalue weighted by Gasteiger charge is -2.32. The first-order valence-electron chi connectivity index (χ1n) is 8.46. The molecule has 4 N–H and O–H groups in total. The Balaban J connectivity index is 1.57. The van der Waals surface area contributed by atoms with E-state index in [1.807, 2.05) is 0 Å². The second-order valence-electron chi connectivity index (χ2n) is 6.41. The molecule has 1 aliphatic rings. The van der Waals surface area contributed by atoms with Gasteiger partial charge in [0.05, 0.1) is 0 Å². The van der Waals surface area contributed by atoms with Gasteiger partial charge in [-0.05, 0) is 49.2 Å². The average molecular weight is 435 g/mol. The van der Waals surface area contributed by atoms with E-state index in [1.165, 1.54) is 0 Å². The second-order valence-corrected chi connectivity index (χ2v) is 7.33. The summed E-state index contributed by atoms with van der Waals surface area (Å²) in [6, 6.07) is 9.30. The molecule has 0 aromatic heterocycles. The minimum Gasteiger partial charge on any atom is -0.504 e. The van der Waals surface area contributed by atoms with Gasteiger partial charge in [0.1, 0.15) is 0 Å². The molecule has 0 atom stereocenters. The van der Waals surface area contributed by atoms with Crippen LogP contribution in [-0.4, -0.2) is 51.2 Å². The van der Waals surface area contributed by atoms with Crippen LogP contribution in [0.5, 0.6) is 17.2 Å². The van der Waals surface area contributed by atoms with E-state index >= 15 is 0 Å². The third-order valence-electron chi connectivity index (χ3n) is 4.54. The molecular weight excluding hydrogens is 416 g/mol. The fourth-order valence-electron chi connectivity index (χ4n) is 3.01. The first-order chi connectivity index (χ1) is 12.8. The highest BCUT2D eigenvalue weighted by Gasteiger charge is 2.26. The predicted molar refractivity (Wildman–Crippen MR) is 102 cm³/mol. The number of phenolic OH excluding ortho intramolecular Hbond substituents is 3. The lowest BCUT2D eigenvalue weighted by molar-refractivity contribution is 0.0697. The smallest absolute Gasteiger partial charge is 0.254 e. The number of likely N-dealkylation sites (tertiary alicyclic amines) is 1. The molecule has 2 aromatic carbocycles. The van der Waals surface area contributed by atoms with Crippen LogP contribution >= 0.6 is 15.9 Å². The molecule has 1 fully saturated rings. The Morgan fingerprint density at radius 1 is 0.963 bits per heavy atom. The highest BCUT2D eigenvalue weighted by Crippen LogP contribution is 2.35. The van der Waals surface area contributed by atoms with Crippen molar-refractivity contribution in [1.29, 1.82) is 0 Å². The predicted octanol–water partition coefficient (Wildman–Crippen LogP) is 2.60. The molecule has 1 aliphatic heterocycles. The summed E-state index contributed by atoms with van der Waals surface area (Å²) >= 11 is 3.33. The number of carbonyl (C=O) groups excluding carboxylic acids is 2. The third kappa shape index (κ3) is 4.33. The molecule has 2 aromatic rings. The Hall–Kier alpha value is -2.74. The van der Waals surface area contributed by atoms with Crippen LogP contribution in [0.4, 0.5) is 0 Å². The van der Waals surface area contributed by atoms with E-state index in [9.17, 15) is 24.9 Å². The number of carbonyl (C=O) groups is 2. The van der Waals surface area contributed by atoms with E-state index in [-0.39, 0.29) is 23.4 Å². The van der Waals surface area contributed by atoms with Gasteiger partial charge in [-0.2, -0.15) is 0 Å². The van der Waals surface area contributed by atoms with E-state index in [4.69, 9.17) is 0 Å². The van der Waals surface area contributed by atoms with Crippen molar-refractivity contribution in [2.24, 2.45) is 0 Å². The van der Waals surface area contributed by atoms with Crippen LogP contribution < -0.4 is 5.32 Å². The fraction of sp³-hybridized carbons (Fsp3) is 0.263. The number of amides is 2. The molecule has 0 spiro atoms. The summed E-state index contributed by atoms with van der Waals surface area (Å²) in [5.41, 5.74) is 0.673. The zero-order valence-corrected chi connectivity index (χ0v) is 15.9. The van der Waals surface area contributed by atoms with Crippen LogP contribution in [0.3, 0.4) is 0 Å². The zero-order valence-electron chi connectivity index (χ0n) is 14.4. The maximum Gasteiger partial charge on any atom is 0.254 e. The third-order valence-corrected chi connectivity index (χ3v) is 5.07. The summed E-state index contributed by atoms with van der Waals surface area (Å²) in [4.78, 5) is 26.4. The Kier molecular flexibility index (Phi) is 5.55. The molecule has 8 heteroatoms. The van der Waals surface area contributed by atoms with Crippen molar-refractivity contribution >= 4 is 27.7 Å². The highest BCUT2D eigenvalue weighted by atomic mass is 79.9. The van der Waals surface area contributed by atoms with Crippen molar-refractivity contribution in [1.82, 2.24) is 10.2 Å². The van der Waals surface area contributed by atoms with E-state index in [2.05, 4.69) is 21.2 Å². The van der Waals surface area contributed by atoms with Crippen LogP contribution in [0.1, 0.15) is 33.6 Å². The normalized spacial score (nSPS) is 14.8. The number of halogens is 1. The van der Waals surface area contributed by atoms with E-state index in [0.717, 1.165) is 16.6 Å². The van der Waals surface area contributed by atoms with Crippen LogP contribution in [0, 0.1) is 0 Å². The standard InChI is InChI=1S/C19H19BrN2O5/c20-13-3-1-11(2-4-13)18(26)21-14-5-7-22(8-6-14)19(27)12-9-15(23)17(25)16(24)10-12/h1-4,9-10,14,23-25H,5-8H2,(H,21,26). The van der Waals surface area contributed by atoms with Crippen molar-refractivity contribution in [3.05, 3.63) is 52.0 Å². The van der Waals surface area contributed by atoms with Gasteiger partial charge in [-0.1, -0.05) is 15.9 Å². The number of benzene rings is 2. The molecule has 1 heterocycles. The van der Waals surface area contributed by atoms with Crippen molar-refractivity contribution in [3.8, 4) is 17.2 Å². The van der Waals surface area contributed by atoms with E-state index in [1.54, 1.807) is 29.2 Å². The first kappa shape index (κ1) is 19.0. The molecule has 0 aliphatic carbocycles. The SMILES string of the molecule is O=C(NC1CCN(C(=O)c2cc(O)c(O)c(O)c2)CC1)c1ccc(Br)cc1. The van der Waals surface area contributed by atoms with E-state index in [0.29, 0.717) is 31.5 Å². The average Bonchev–Trinajstić information content (AvgIpc) is 2.66. The molecule has 3 rings (SSSR count). The summed E-state index contributed by atoms with van der Waals surface area (Å²) < 4.78 is 0.900. The summed E-state index contributed by atoms with van der Waals surface area (Å²) in [6.07, 6.45) is 1.20. The Morgan fingerprint density at radius 3 is 2.07 bits per heavy atom. The molecule has 1 saturated heterocycles. The molecular formula is C19H19BrN2O5. The van der Waals surface area contributed by atoms with Crippen LogP contribution in [0.25, 0.3) is 0 Å². The van der Waals surface area contributed by atoms with E-state index < -0.39 is 17.2 Å². The molecule has 2 amide bonds. The van der Waals surface area contributed by atoms with Gasteiger partial charge in [0.25, 0.3) is 11.8 Å². The number of nitrogens with zero attached hydrogens (tertiary/aromatic N) is 1. The lowest BCUT2D eigenvalue weighted by atomic mass is 10.0. The molecule has 0 bridgehead atoms. The summed E-state index contributed by atoms with van der Waals surface area (Å²) in [7, 11) is 0. The van der Waals surface area contributed by atoms with Crippen molar-refractivity contribution < 1.29 is 24.9 Å². The molecule has 0 unspecified atom stereocenters. The first-order valence-corrected chi connectivity index (χ1v) is 9.25. The quantitative estimate of drug-likeness (QED) is 0.555. The highest BCUT2D eigenvalue weighted by molar-refractivity contribution is 9.10. The lowest BCUT2D eigenvalue weighted by Crippen LogP contribution is -2.46. The molecule has 142 valence electrons. The molecule has 0 saturated carbocycles. The van der Waals surface area contributed by atoms with Gasteiger partial charge in [-0.25, -0.2) is 0 Å². The summed E-state index contributed by atoms with van der Waals surface area (Å²) in [5, 5.41) is 31.5. The minimum absolute atomic E-state index is 0.0354. The van der Waals surface area contributed by atoms with Gasteiger partial charge in [0.15, 0.2) is 17.2 Å². The largest absolute Gasteiger partial charge is 0.504 e. The van der Waals surface area contributed by atoms with Gasteiger partial charge < -0.3 is 25.5 Å². The molecule has 0 radical (unpaired) electrons. The molecule has 27 heavy (non-hydrogen) atoms. The molecule has 7 nitrogen and oxygen atoms in total. The number of phenols is 3. The topological polar surface area (TPSA) is 110 Å². The fourth-order valence-corrected chi connectivity index (χ4v) is 3.27. The van der Waals surface area contributed by atoms with Crippen LogP contribution in [0.15, 0.2) is 40.9 Å². The number of rotatable bonds is 3. The van der Waals surface area contributed by atoms with Crippen molar-refractivity contribution in [2.75, 3.05) is 13.1 Å². The Labute approximate surface area is 164 Å². The second kappa shape index (κ2) is 7.87. The number of hydrogen-bond donors (Lipinski definition) is 4. The van der Waals surface area contributed by atoms with Crippen molar-refractivity contribution in [2.45, 2.75) is 18.9 Å². The number of piperidine rings is 1. The zero-order chi connectivity index (χ0) is 19.6. The van der Waals surface area contributed by atoms with Gasteiger partial charge in [-0.15, -0.1) is 0 Å². The van der Waals surface area contributed by atoms with Gasteiger partial charge in [0, 0.05) is 34.7 Å². The summed E-state index contributed by atoms with van der Waals surface area (Å²) in [6.45, 7) is 0.874. The Morgan fingerprint density at radius 2 is 1.52 bits per heavy atom. The van der Waals surface area contributed by atoms with Crippen LogP contribution in [-0.2, 0) is 0 Å². The number of nitrogens with one attached hydrogen (secondary N) is 1. The van der Waals surface area contributed by atoms with Crippen molar-refractivity contribution in [3.63, 3.8) is 0 Å². The monoisotopic (exact) mass is 434 g/mol.